The summed E-state index contributed by atoms with van der Waals surface area (Å²) in [7, 11) is 0. The van der Waals surface area contributed by atoms with E-state index in [-0.39, 0.29) is 23.0 Å². The molecule has 4 heteroatoms. The molecule has 6 unspecified atom stereocenters. The lowest BCUT2D eigenvalue weighted by Gasteiger charge is -2.62. The Balaban J connectivity index is 1.60. The van der Waals surface area contributed by atoms with Crippen LogP contribution < -0.4 is 0 Å². The molecule has 3 aliphatic carbocycles. The van der Waals surface area contributed by atoms with Crippen molar-refractivity contribution in [1.82, 2.24) is 4.90 Å². The number of nitrogens with zero attached hydrogens (tertiary/aromatic N) is 1. The van der Waals surface area contributed by atoms with Crippen LogP contribution in [-0.2, 0) is 14.3 Å². The summed E-state index contributed by atoms with van der Waals surface area (Å²) in [5, 5.41) is 0. The molecule has 0 aromatic rings. The number of hydrogen-bond donors (Lipinski definition) is 0. The van der Waals surface area contributed by atoms with E-state index >= 15 is 0 Å². The van der Waals surface area contributed by atoms with E-state index in [9.17, 15) is 9.59 Å². The van der Waals surface area contributed by atoms with Crippen molar-refractivity contribution in [2.45, 2.75) is 83.8 Å². The fourth-order valence-electron chi connectivity index (χ4n) is 7.26. The highest BCUT2D eigenvalue weighted by molar-refractivity contribution is 5.78. The van der Waals surface area contributed by atoms with Crippen molar-refractivity contribution in [2.75, 3.05) is 6.54 Å². The van der Waals surface area contributed by atoms with E-state index in [1.807, 2.05) is 6.08 Å². The minimum absolute atomic E-state index is 0.0265. The molecule has 0 bridgehead atoms. The number of carbonyl (C=O) groups is 2. The standard InChI is InChI=1S/C24H35NO3/c1-5-14-25-22(27)9-8-21-19-7-6-17-15-18(28-16(2)26)10-12-23(17,3)20(19)11-13-24(21,25)4/h5-6,18-21H,1,7-15H2,2-4H3. The van der Waals surface area contributed by atoms with Gasteiger partial charge in [0.25, 0.3) is 0 Å². The summed E-state index contributed by atoms with van der Waals surface area (Å²) < 4.78 is 5.54. The normalized spacial score (nSPS) is 42.6. The molecule has 0 radical (unpaired) electrons. The monoisotopic (exact) mass is 385 g/mol. The maximum Gasteiger partial charge on any atom is 0.302 e. The topological polar surface area (TPSA) is 46.6 Å². The number of esters is 1. The Morgan fingerprint density at radius 1 is 1.29 bits per heavy atom. The Hall–Kier alpha value is -1.58. The SMILES string of the molecule is C=CCN1C(=O)CCC2C3CC=C4CC(OC(C)=O)CCC4(C)C3CCC21C. The fourth-order valence-corrected chi connectivity index (χ4v) is 7.26. The molecule has 1 aliphatic heterocycles. The van der Waals surface area contributed by atoms with Gasteiger partial charge in [-0.25, -0.2) is 0 Å². The van der Waals surface area contributed by atoms with Crippen molar-refractivity contribution in [3.05, 3.63) is 24.3 Å². The van der Waals surface area contributed by atoms with Crippen LogP contribution in [0.5, 0.6) is 0 Å². The molecule has 2 saturated carbocycles. The Morgan fingerprint density at radius 3 is 2.79 bits per heavy atom. The van der Waals surface area contributed by atoms with E-state index in [4.69, 9.17) is 4.74 Å². The molecule has 1 heterocycles. The molecule has 28 heavy (non-hydrogen) atoms. The molecule has 1 saturated heterocycles. The number of carbonyl (C=O) groups excluding carboxylic acids is 2. The molecule has 3 fully saturated rings. The highest BCUT2D eigenvalue weighted by Crippen LogP contribution is 2.61. The number of piperidine rings is 1. The molecular formula is C24H35NO3. The van der Waals surface area contributed by atoms with Crippen molar-refractivity contribution in [3.63, 3.8) is 0 Å². The lowest BCUT2D eigenvalue weighted by molar-refractivity contribution is -0.157. The maximum atomic E-state index is 12.6. The number of rotatable bonds is 3. The van der Waals surface area contributed by atoms with Gasteiger partial charge in [0.15, 0.2) is 0 Å². The number of fused-ring (bicyclic) bond motifs is 5. The van der Waals surface area contributed by atoms with Crippen LogP contribution in [0.3, 0.4) is 0 Å². The van der Waals surface area contributed by atoms with Crippen LogP contribution in [-0.4, -0.2) is 35.0 Å². The van der Waals surface area contributed by atoms with Gasteiger partial charge < -0.3 is 9.64 Å². The smallest absolute Gasteiger partial charge is 0.302 e. The quantitative estimate of drug-likeness (QED) is 0.525. The molecule has 4 nitrogen and oxygen atoms in total. The van der Waals surface area contributed by atoms with Gasteiger partial charge in [-0.15, -0.1) is 6.58 Å². The molecule has 4 aliphatic rings. The first-order chi connectivity index (χ1) is 13.3. The third-order valence-electron chi connectivity index (χ3n) is 8.65. The largest absolute Gasteiger partial charge is 0.462 e. The number of allylic oxidation sites excluding steroid dienone is 1. The summed E-state index contributed by atoms with van der Waals surface area (Å²) in [5.41, 5.74) is 1.72. The molecule has 1 amide bonds. The van der Waals surface area contributed by atoms with Crippen molar-refractivity contribution in [1.29, 1.82) is 0 Å². The van der Waals surface area contributed by atoms with E-state index in [0.29, 0.717) is 36.6 Å². The second-order valence-electron chi connectivity index (χ2n) is 9.96. The Bertz CT molecular complexity index is 713. The van der Waals surface area contributed by atoms with Gasteiger partial charge in [-0.3, -0.25) is 9.59 Å². The summed E-state index contributed by atoms with van der Waals surface area (Å²) in [6.45, 7) is 10.9. The molecule has 0 aromatic carbocycles. The molecular weight excluding hydrogens is 350 g/mol. The van der Waals surface area contributed by atoms with Crippen LogP contribution in [0.15, 0.2) is 24.3 Å². The van der Waals surface area contributed by atoms with E-state index in [1.165, 1.54) is 18.9 Å². The van der Waals surface area contributed by atoms with Gasteiger partial charge in [-0.2, -0.15) is 0 Å². The minimum atomic E-state index is -0.162. The zero-order chi connectivity index (χ0) is 20.1. The third-order valence-corrected chi connectivity index (χ3v) is 8.65. The summed E-state index contributed by atoms with van der Waals surface area (Å²) in [5.74, 6) is 2.05. The first-order valence-corrected chi connectivity index (χ1v) is 11.1. The van der Waals surface area contributed by atoms with Crippen molar-refractivity contribution in [2.24, 2.45) is 23.2 Å². The Morgan fingerprint density at radius 2 is 2.07 bits per heavy atom. The van der Waals surface area contributed by atoms with Crippen molar-refractivity contribution < 1.29 is 14.3 Å². The zero-order valence-corrected chi connectivity index (χ0v) is 17.7. The predicted octanol–water partition coefficient (Wildman–Crippen LogP) is 4.65. The molecule has 0 N–H and O–H groups in total. The number of likely N-dealkylation sites (tertiary alicyclic amines) is 1. The van der Waals surface area contributed by atoms with Crippen LogP contribution in [0.2, 0.25) is 0 Å². The predicted molar refractivity (Wildman–Crippen MR) is 109 cm³/mol. The summed E-state index contributed by atoms with van der Waals surface area (Å²) in [6, 6.07) is 0. The molecule has 154 valence electrons. The maximum absolute atomic E-state index is 12.6. The average Bonchev–Trinajstić information content (AvgIpc) is 2.64. The Kier molecular flexibility index (Phi) is 4.96. The second kappa shape index (κ2) is 7.03. The van der Waals surface area contributed by atoms with Crippen LogP contribution in [0.4, 0.5) is 0 Å². The summed E-state index contributed by atoms with van der Waals surface area (Å²) >= 11 is 0. The highest BCUT2D eigenvalue weighted by atomic mass is 16.5. The van der Waals surface area contributed by atoms with Gasteiger partial charge in [0.1, 0.15) is 6.10 Å². The third kappa shape index (κ3) is 2.95. The number of hydrogen-bond acceptors (Lipinski definition) is 3. The Labute approximate surface area is 169 Å². The lowest BCUT2D eigenvalue weighted by Crippen LogP contribution is -2.64. The van der Waals surface area contributed by atoms with Crippen molar-refractivity contribution >= 4 is 11.9 Å². The van der Waals surface area contributed by atoms with E-state index in [0.717, 1.165) is 38.5 Å². The van der Waals surface area contributed by atoms with Crippen LogP contribution in [0.1, 0.15) is 72.1 Å². The zero-order valence-electron chi connectivity index (χ0n) is 17.7. The van der Waals surface area contributed by atoms with Crippen molar-refractivity contribution in [3.8, 4) is 0 Å². The van der Waals surface area contributed by atoms with Crippen LogP contribution >= 0.6 is 0 Å². The molecule has 4 rings (SSSR count). The minimum Gasteiger partial charge on any atom is -0.462 e. The van der Waals surface area contributed by atoms with E-state index < -0.39 is 0 Å². The highest BCUT2D eigenvalue weighted by Gasteiger charge is 2.58. The van der Waals surface area contributed by atoms with Gasteiger partial charge in [0, 0.05) is 31.8 Å². The van der Waals surface area contributed by atoms with Gasteiger partial charge in [-0.05, 0) is 68.6 Å². The van der Waals surface area contributed by atoms with Crippen LogP contribution in [0, 0.1) is 23.2 Å². The average molecular weight is 386 g/mol. The number of ether oxygens (including phenoxy) is 1. The second-order valence-corrected chi connectivity index (χ2v) is 9.96. The van der Waals surface area contributed by atoms with E-state index in [2.05, 4.69) is 31.4 Å². The van der Waals surface area contributed by atoms with Gasteiger partial charge in [0.2, 0.25) is 5.91 Å². The van der Waals surface area contributed by atoms with Gasteiger partial charge in [0.05, 0.1) is 0 Å². The first kappa shape index (κ1) is 19.7. The molecule has 0 spiro atoms. The summed E-state index contributed by atoms with van der Waals surface area (Å²) in [6.07, 6.45) is 12.5. The fraction of sp³-hybridized carbons (Fsp3) is 0.750. The summed E-state index contributed by atoms with van der Waals surface area (Å²) in [4.78, 5) is 26.2. The molecule has 0 aromatic heterocycles. The molecule has 6 atom stereocenters. The van der Waals surface area contributed by atoms with Gasteiger partial charge >= 0.3 is 5.97 Å². The lowest BCUT2D eigenvalue weighted by atomic mass is 9.48. The number of amides is 1. The van der Waals surface area contributed by atoms with Crippen LogP contribution in [0.25, 0.3) is 0 Å². The van der Waals surface area contributed by atoms with E-state index in [1.54, 1.807) is 0 Å². The first-order valence-electron chi connectivity index (χ1n) is 11.1. The van der Waals surface area contributed by atoms with Gasteiger partial charge in [-0.1, -0.05) is 24.6 Å².